The second kappa shape index (κ2) is 6.02. The van der Waals surface area contributed by atoms with E-state index in [2.05, 4.69) is 12.2 Å². The predicted octanol–water partition coefficient (Wildman–Crippen LogP) is 2.43. The van der Waals surface area contributed by atoms with Crippen LogP contribution in [-0.2, 0) is 9.53 Å². The van der Waals surface area contributed by atoms with E-state index in [1.165, 1.54) is 32.1 Å². The average Bonchev–Trinajstić information content (AvgIpc) is 3.20. The number of amides is 1. The molecule has 1 atom stereocenters. The molecule has 4 heteroatoms. The number of nitrogens with one attached hydrogen (secondary N) is 1. The van der Waals surface area contributed by atoms with Gasteiger partial charge in [-0.3, -0.25) is 10.1 Å². The maximum atomic E-state index is 12.5. The summed E-state index contributed by atoms with van der Waals surface area (Å²) in [5.41, 5.74) is -0.176. The molecule has 1 amide bonds. The number of carbonyl (C=O) groups is 1. The van der Waals surface area contributed by atoms with Gasteiger partial charge in [0.05, 0.1) is 24.4 Å². The number of rotatable bonds is 6. The van der Waals surface area contributed by atoms with Crippen LogP contribution in [0.3, 0.4) is 0 Å². The number of carbonyl (C=O) groups excluding carboxylic acids is 1. The first-order valence-corrected chi connectivity index (χ1v) is 8.45. The van der Waals surface area contributed by atoms with Crippen molar-refractivity contribution in [2.24, 2.45) is 0 Å². The minimum atomic E-state index is -0.176. The molecule has 0 aromatic rings. The van der Waals surface area contributed by atoms with Crippen LogP contribution in [0.25, 0.3) is 0 Å². The zero-order chi connectivity index (χ0) is 14.0. The van der Waals surface area contributed by atoms with Gasteiger partial charge in [-0.05, 0) is 32.1 Å². The van der Waals surface area contributed by atoms with Gasteiger partial charge in [0.2, 0.25) is 5.91 Å². The molecule has 0 aromatic carbocycles. The molecular formula is C16H28N2O2. The number of hydrogen-bond donors (Lipinski definition) is 1. The first-order valence-electron chi connectivity index (χ1n) is 8.45. The Hall–Kier alpha value is -0.610. The molecule has 3 rings (SSSR count). The molecular weight excluding hydrogens is 252 g/mol. The highest BCUT2D eigenvalue weighted by atomic mass is 16.5. The Balaban J connectivity index is 1.48. The molecule has 1 saturated heterocycles. The maximum Gasteiger partial charge on any atom is 0.244 e. The van der Waals surface area contributed by atoms with Crippen molar-refractivity contribution in [2.75, 3.05) is 13.2 Å². The van der Waals surface area contributed by atoms with E-state index in [-0.39, 0.29) is 11.7 Å². The van der Waals surface area contributed by atoms with E-state index in [0.29, 0.717) is 18.6 Å². The Morgan fingerprint density at radius 1 is 1.30 bits per heavy atom. The molecule has 0 aromatic heterocycles. The van der Waals surface area contributed by atoms with Gasteiger partial charge in [0.15, 0.2) is 0 Å². The van der Waals surface area contributed by atoms with Crippen molar-refractivity contribution < 1.29 is 9.53 Å². The van der Waals surface area contributed by atoms with Crippen molar-refractivity contribution in [2.45, 2.75) is 82.5 Å². The number of hydrogen-bond acceptors (Lipinski definition) is 3. The molecule has 1 unspecified atom stereocenters. The van der Waals surface area contributed by atoms with Crippen molar-refractivity contribution >= 4 is 5.91 Å². The molecule has 0 bridgehead atoms. The van der Waals surface area contributed by atoms with Crippen LogP contribution in [0.5, 0.6) is 0 Å². The molecule has 20 heavy (non-hydrogen) atoms. The third-order valence-corrected chi connectivity index (χ3v) is 5.04. The van der Waals surface area contributed by atoms with Crippen molar-refractivity contribution in [3.8, 4) is 0 Å². The summed E-state index contributed by atoms with van der Waals surface area (Å²) in [5, 5.41) is 3.55. The minimum absolute atomic E-state index is 0.176. The van der Waals surface area contributed by atoms with Crippen LogP contribution in [0.15, 0.2) is 0 Å². The summed E-state index contributed by atoms with van der Waals surface area (Å²) in [4.78, 5) is 14.5. The Labute approximate surface area is 122 Å². The second-order valence-electron chi connectivity index (χ2n) is 6.66. The summed E-state index contributed by atoms with van der Waals surface area (Å²) in [5.74, 6) is 0.322. The summed E-state index contributed by atoms with van der Waals surface area (Å²) < 4.78 is 5.99. The van der Waals surface area contributed by atoms with E-state index < -0.39 is 0 Å². The highest BCUT2D eigenvalue weighted by Gasteiger charge is 2.58. The molecule has 3 fully saturated rings. The van der Waals surface area contributed by atoms with Crippen LogP contribution in [0.1, 0.15) is 64.7 Å². The van der Waals surface area contributed by atoms with Gasteiger partial charge < -0.3 is 9.64 Å². The summed E-state index contributed by atoms with van der Waals surface area (Å²) in [6.45, 7) is 3.64. The van der Waals surface area contributed by atoms with Crippen molar-refractivity contribution in [3.05, 3.63) is 0 Å². The van der Waals surface area contributed by atoms with Gasteiger partial charge in [0, 0.05) is 6.54 Å². The largest absolute Gasteiger partial charge is 0.376 e. The molecule has 4 nitrogen and oxygen atoms in total. The van der Waals surface area contributed by atoms with Gasteiger partial charge in [-0.15, -0.1) is 0 Å². The van der Waals surface area contributed by atoms with Crippen LogP contribution in [0.2, 0.25) is 0 Å². The SMILES string of the molecule is CCCC1NC2(CC2)C(=O)N1CCOC1CCCCC1. The first-order chi connectivity index (χ1) is 9.75. The van der Waals surface area contributed by atoms with E-state index in [1.807, 2.05) is 4.90 Å². The van der Waals surface area contributed by atoms with Crippen molar-refractivity contribution in [1.29, 1.82) is 0 Å². The molecule has 3 aliphatic rings. The third-order valence-electron chi connectivity index (χ3n) is 5.04. The molecule has 2 saturated carbocycles. The highest BCUT2D eigenvalue weighted by Crippen LogP contribution is 2.42. The summed E-state index contributed by atoms with van der Waals surface area (Å²) >= 11 is 0. The van der Waals surface area contributed by atoms with Crippen molar-refractivity contribution in [1.82, 2.24) is 10.2 Å². The van der Waals surface area contributed by atoms with Gasteiger partial charge in [-0.2, -0.15) is 0 Å². The summed E-state index contributed by atoms with van der Waals surface area (Å²) in [6, 6.07) is 0. The lowest BCUT2D eigenvalue weighted by molar-refractivity contribution is -0.132. The van der Waals surface area contributed by atoms with Gasteiger partial charge in [0.1, 0.15) is 0 Å². The van der Waals surface area contributed by atoms with Crippen molar-refractivity contribution in [3.63, 3.8) is 0 Å². The van der Waals surface area contributed by atoms with Crippen LogP contribution in [-0.4, -0.2) is 41.8 Å². The molecule has 1 N–H and O–H groups in total. The normalized spacial score (nSPS) is 29.4. The number of nitrogens with zero attached hydrogens (tertiary/aromatic N) is 1. The summed E-state index contributed by atoms with van der Waals surface area (Å²) in [6.07, 6.45) is 11.3. The Kier molecular flexibility index (Phi) is 4.32. The molecule has 1 spiro atoms. The average molecular weight is 280 g/mol. The quantitative estimate of drug-likeness (QED) is 0.812. The van der Waals surface area contributed by atoms with Crippen LogP contribution >= 0.6 is 0 Å². The van der Waals surface area contributed by atoms with Crippen LogP contribution < -0.4 is 5.32 Å². The fourth-order valence-corrected chi connectivity index (χ4v) is 3.67. The lowest BCUT2D eigenvalue weighted by atomic mass is 9.98. The van der Waals surface area contributed by atoms with E-state index in [4.69, 9.17) is 4.74 Å². The highest BCUT2D eigenvalue weighted by molar-refractivity contribution is 5.91. The second-order valence-corrected chi connectivity index (χ2v) is 6.66. The molecule has 1 heterocycles. The Bertz CT molecular complexity index is 348. The molecule has 2 aliphatic carbocycles. The molecule has 0 radical (unpaired) electrons. The summed E-state index contributed by atoms with van der Waals surface area (Å²) in [7, 11) is 0. The fourth-order valence-electron chi connectivity index (χ4n) is 3.67. The van der Waals surface area contributed by atoms with Gasteiger partial charge in [-0.1, -0.05) is 32.6 Å². The fraction of sp³-hybridized carbons (Fsp3) is 0.938. The lowest BCUT2D eigenvalue weighted by Crippen LogP contribution is -2.39. The van der Waals surface area contributed by atoms with Gasteiger partial charge in [-0.25, -0.2) is 0 Å². The van der Waals surface area contributed by atoms with E-state index in [0.717, 1.165) is 32.2 Å². The third kappa shape index (κ3) is 2.86. The topological polar surface area (TPSA) is 41.6 Å². The van der Waals surface area contributed by atoms with E-state index >= 15 is 0 Å². The van der Waals surface area contributed by atoms with E-state index in [9.17, 15) is 4.79 Å². The smallest absolute Gasteiger partial charge is 0.244 e. The first kappa shape index (κ1) is 14.3. The Morgan fingerprint density at radius 3 is 2.70 bits per heavy atom. The monoisotopic (exact) mass is 280 g/mol. The zero-order valence-electron chi connectivity index (χ0n) is 12.7. The Morgan fingerprint density at radius 2 is 2.05 bits per heavy atom. The van der Waals surface area contributed by atoms with Crippen LogP contribution in [0, 0.1) is 0 Å². The van der Waals surface area contributed by atoms with E-state index in [1.54, 1.807) is 0 Å². The van der Waals surface area contributed by atoms with Gasteiger partial charge >= 0.3 is 0 Å². The molecule has 1 aliphatic heterocycles. The van der Waals surface area contributed by atoms with Crippen LogP contribution in [0.4, 0.5) is 0 Å². The molecule has 114 valence electrons. The predicted molar refractivity (Wildman–Crippen MR) is 78.3 cm³/mol. The lowest BCUT2D eigenvalue weighted by Gasteiger charge is -2.26. The number of ether oxygens (including phenoxy) is 1. The van der Waals surface area contributed by atoms with Gasteiger partial charge in [0.25, 0.3) is 0 Å². The maximum absolute atomic E-state index is 12.5. The zero-order valence-corrected chi connectivity index (χ0v) is 12.7. The minimum Gasteiger partial charge on any atom is -0.376 e. The standard InChI is InChI=1S/C16H28N2O2/c1-2-6-14-17-16(9-10-16)15(19)18(14)11-12-20-13-7-4-3-5-8-13/h13-14,17H,2-12H2,1H3.